The summed E-state index contributed by atoms with van der Waals surface area (Å²) >= 11 is 0. The van der Waals surface area contributed by atoms with Crippen molar-refractivity contribution in [3.8, 4) is 0 Å². The van der Waals surface area contributed by atoms with Crippen LogP contribution in [0.2, 0.25) is 0 Å². The van der Waals surface area contributed by atoms with Gasteiger partial charge in [-0.3, -0.25) is 9.59 Å². The van der Waals surface area contributed by atoms with Gasteiger partial charge in [0.05, 0.1) is 5.92 Å². The van der Waals surface area contributed by atoms with Gasteiger partial charge in [-0.25, -0.2) is 0 Å². The smallest absolute Gasteiger partial charge is 0.311 e. The molecule has 0 unspecified atom stereocenters. The second kappa shape index (κ2) is 5.51. The predicted molar refractivity (Wildman–Crippen MR) is 70.4 cm³/mol. The van der Waals surface area contributed by atoms with Crippen molar-refractivity contribution < 1.29 is 14.3 Å². The molecule has 19 heavy (non-hydrogen) atoms. The molecule has 106 valence electrons. The van der Waals surface area contributed by atoms with E-state index in [0.717, 1.165) is 32.2 Å². The van der Waals surface area contributed by atoms with Crippen molar-refractivity contribution in [2.45, 2.75) is 57.5 Å². The molecule has 3 rings (SSSR count). The summed E-state index contributed by atoms with van der Waals surface area (Å²) in [6.07, 6.45) is 8.51. The molecule has 0 aromatic rings. The maximum atomic E-state index is 12.1. The molecule has 3 aliphatic rings. The molecule has 1 heterocycles. The van der Waals surface area contributed by atoms with Crippen molar-refractivity contribution in [3.05, 3.63) is 0 Å². The number of amides is 1. The second-order valence-electron chi connectivity index (χ2n) is 6.34. The molecule has 0 bridgehead atoms. The molecule has 1 atom stereocenters. The molecule has 1 amide bonds. The van der Waals surface area contributed by atoms with Gasteiger partial charge in [0.25, 0.3) is 0 Å². The van der Waals surface area contributed by atoms with Gasteiger partial charge >= 0.3 is 5.97 Å². The lowest BCUT2D eigenvalue weighted by molar-refractivity contribution is -0.155. The van der Waals surface area contributed by atoms with Gasteiger partial charge in [0.2, 0.25) is 5.91 Å². The van der Waals surface area contributed by atoms with E-state index in [1.165, 1.54) is 19.3 Å². The summed E-state index contributed by atoms with van der Waals surface area (Å²) in [6, 6.07) is 0. The molecular formula is C15H23NO3. The Morgan fingerprint density at radius 1 is 1.16 bits per heavy atom. The van der Waals surface area contributed by atoms with E-state index < -0.39 is 0 Å². The summed E-state index contributed by atoms with van der Waals surface area (Å²) in [4.78, 5) is 25.8. The van der Waals surface area contributed by atoms with Gasteiger partial charge in [-0.15, -0.1) is 0 Å². The number of nitrogens with zero attached hydrogens (tertiary/aromatic N) is 1. The standard InChI is InChI=1S/C15H23NO3/c17-14-8-12(10-16(14)9-11-6-7-11)15(18)19-13-4-2-1-3-5-13/h11-13H,1-10H2/t12-/m1/s1. The van der Waals surface area contributed by atoms with E-state index in [9.17, 15) is 9.59 Å². The highest BCUT2D eigenvalue weighted by Crippen LogP contribution is 2.32. The van der Waals surface area contributed by atoms with Crippen LogP contribution in [0.5, 0.6) is 0 Å². The Balaban J connectivity index is 1.48. The molecule has 0 aromatic carbocycles. The number of hydrogen-bond donors (Lipinski definition) is 0. The van der Waals surface area contributed by atoms with Crippen LogP contribution in [-0.2, 0) is 14.3 Å². The Bertz CT molecular complexity index is 358. The maximum absolute atomic E-state index is 12.1. The number of carbonyl (C=O) groups excluding carboxylic acids is 2. The van der Waals surface area contributed by atoms with Crippen molar-refractivity contribution >= 4 is 11.9 Å². The van der Waals surface area contributed by atoms with Crippen LogP contribution in [0.15, 0.2) is 0 Å². The summed E-state index contributed by atoms with van der Waals surface area (Å²) in [5.41, 5.74) is 0. The zero-order valence-electron chi connectivity index (χ0n) is 11.5. The monoisotopic (exact) mass is 265 g/mol. The lowest BCUT2D eigenvalue weighted by Gasteiger charge is -2.23. The van der Waals surface area contributed by atoms with E-state index in [1.54, 1.807) is 0 Å². The first kappa shape index (κ1) is 12.9. The number of esters is 1. The van der Waals surface area contributed by atoms with E-state index in [1.807, 2.05) is 4.90 Å². The quantitative estimate of drug-likeness (QED) is 0.731. The molecule has 0 N–H and O–H groups in total. The normalized spacial score (nSPS) is 28.7. The summed E-state index contributed by atoms with van der Waals surface area (Å²) < 4.78 is 5.57. The minimum Gasteiger partial charge on any atom is -0.462 e. The highest BCUT2D eigenvalue weighted by atomic mass is 16.5. The van der Waals surface area contributed by atoms with E-state index >= 15 is 0 Å². The molecular weight excluding hydrogens is 242 g/mol. The maximum Gasteiger partial charge on any atom is 0.311 e. The number of rotatable bonds is 4. The van der Waals surface area contributed by atoms with Crippen LogP contribution in [0.25, 0.3) is 0 Å². The van der Waals surface area contributed by atoms with Crippen molar-refractivity contribution in [1.82, 2.24) is 4.90 Å². The zero-order valence-corrected chi connectivity index (χ0v) is 11.5. The van der Waals surface area contributed by atoms with E-state index in [2.05, 4.69) is 0 Å². The molecule has 3 fully saturated rings. The van der Waals surface area contributed by atoms with Crippen molar-refractivity contribution in [2.24, 2.45) is 11.8 Å². The molecule has 4 heteroatoms. The lowest BCUT2D eigenvalue weighted by atomic mass is 9.97. The van der Waals surface area contributed by atoms with Gasteiger partial charge in [-0.1, -0.05) is 6.42 Å². The average molecular weight is 265 g/mol. The summed E-state index contributed by atoms with van der Waals surface area (Å²) in [5.74, 6) is 0.473. The number of carbonyl (C=O) groups is 2. The van der Waals surface area contributed by atoms with Crippen LogP contribution >= 0.6 is 0 Å². The predicted octanol–water partition coefficient (Wildman–Crippen LogP) is 2.12. The van der Waals surface area contributed by atoms with Crippen LogP contribution in [0, 0.1) is 11.8 Å². The average Bonchev–Trinajstić information content (AvgIpc) is 3.14. The van der Waals surface area contributed by atoms with Gasteiger partial charge in [0.1, 0.15) is 6.10 Å². The topological polar surface area (TPSA) is 46.6 Å². The number of likely N-dealkylation sites (tertiary alicyclic amines) is 1. The van der Waals surface area contributed by atoms with E-state index in [4.69, 9.17) is 4.74 Å². The van der Waals surface area contributed by atoms with Gasteiger partial charge in [-0.2, -0.15) is 0 Å². The summed E-state index contributed by atoms with van der Waals surface area (Å²) in [7, 11) is 0. The van der Waals surface area contributed by atoms with Gasteiger partial charge in [0, 0.05) is 19.5 Å². The molecule has 0 radical (unpaired) electrons. The van der Waals surface area contributed by atoms with Crippen LogP contribution in [0.3, 0.4) is 0 Å². The number of ether oxygens (including phenoxy) is 1. The van der Waals surface area contributed by atoms with Crippen molar-refractivity contribution in [1.29, 1.82) is 0 Å². The lowest BCUT2D eigenvalue weighted by Crippen LogP contribution is -2.30. The molecule has 1 saturated heterocycles. The van der Waals surface area contributed by atoms with Crippen molar-refractivity contribution in [3.63, 3.8) is 0 Å². The highest BCUT2D eigenvalue weighted by Gasteiger charge is 2.38. The molecule has 1 aliphatic heterocycles. The minimum atomic E-state index is -0.215. The molecule has 0 aromatic heterocycles. The fourth-order valence-corrected chi connectivity index (χ4v) is 3.16. The van der Waals surface area contributed by atoms with Crippen LogP contribution in [0.4, 0.5) is 0 Å². The Kier molecular flexibility index (Phi) is 3.76. The van der Waals surface area contributed by atoms with Crippen molar-refractivity contribution in [2.75, 3.05) is 13.1 Å². The Labute approximate surface area is 114 Å². The SMILES string of the molecule is O=C(OC1CCCCC1)[C@@H]1CC(=O)N(CC2CC2)C1. The summed E-state index contributed by atoms with van der Waals surface area (Å²) in [6.45, 7) is 1.44. The highest BCUT2D eigenvalue weighted by molar-refractivity contribution is 5.86. The van der Waals surface area contributed by atoms with E-state index in [-0.39, 0.29) is 23.9 Å². The van der Waals surface area contributed by atoms with Crippen LogP contribution in [0.1, 0.15) is 51.4 Å². The first-order valence-corrected chi connectivity index (χ1v) is 7.70. The first-order valence-electron chi connectivity index (χ1n) is 7.70. The fraction of sp³-hybridized carbons (Fsp3) is 0.867. The molecule has 4 nitrogen and oxygen atoms in total. The fourth-order valence-electron chi connectivity index (χ4n) is 3.16. The van der Waals surface area contributed by atoms with Crippen LogP contribution in [-0.4, -0.2) is 36.0 Å². The Morgan fingerprint density at radius 3 is 2.58 bits per heavy atom. The largest absolute Gasteiger partial charge is 0.462 e. The minimum absolute atomic E-state index is 0.105. The summed E-state index contributed by atoms with van der Waals surface area (Å²) in [5, 5.41) is 0. The molecule has 0 spiro atoms. The Hall–Kier alpha value is -1.06. The second-order valence-corrected chi connectivity index (χ2v) is 6.34. The third-order valence-electron chi connectivity index (χ3n) is 4.56. The zero-order chi connectivity index (χ0) is 13.2. The van der Waals surface area contributed by atoms with Gasteiger partial charge in [-0.05, 0) is 44.4 Å². The number of hydrogen-bond acceptors (Lipinski definition) is 3. The van der Waals surface area contributed by atoms with Crippen LogP contribution < -0.4 is 0 Å². The molecule has 2 aliphatic carbocycles. The third-order valence-corrected chi connectivity index (χ3v) is 4.56. The van der Waals surface area contributed by atoms with Gasteiger partial charge in [0.15, 0.2) is 0 Å². The van der Waals surface area contributed by atoms with E-state index in [0.29, 0.717) is 18.9 Å². The first-order chi connectivity index (χ1) is 9.22. The Morgan fingerprint density at radius 2 is 1.89 bits per heavy atom. The third kappa shape index (κ3) is 3.28. The van der Waals surface area contributed by atoms with Gasteiger partial charge < -0.3 is 9.64 Å². The molecule has 2 saturated carbocycles.